The van der Waals surface area contributed by atoms with E-state index in [2.05, 4.69) is 21.3 Å². The third-order valence-electron chi connectivity index (χ3n) is 27.4. The first-order valence-electron chi connectivity index (χ1n) is 46.8. The third-order valence-corrected chi connectivity index (χ3v) is 27.4. The molecule has 4 amide bonds. The van der Waals surface area contributed by atoms with Gasteiger partial charge < -0.3 is 295 Å². The number of ether oxygens (including phenoxy) is 22. The molecule has 65 nitrogen and oxygen atoms in total. The molecule has 850 valence electrons. The van der Waals surface area contributed by atoms with Crippen LogP contribution in [0.25, 0.3) is 0 Å². The van der Waals surface area contributed by atoms with E-state index < -0.39 is 457 Å². The van der Waals surface area contributed by atoms with E-state index in [1.807, 2.05) is 0 Å². The molecule has 0 aromatic heterocycles. The predicted octanol–water partition coefficient (Wildman–Crippen LogP) is -23.5. The SMILES string of the molecule is CC(=O)NC1C(OC2C(OCC3OC(OC4C(CO)OC(OC5C(CO)OC(OCCN)C(NC(C)=O)C5O)C(NC(C)=O)C4O)C(O)C(OC4OC(CO)C(O)C(O)C4OC4OC(CO)C(OC5OC(COC6(C(=O)O)CC(O)C(C)[C@@](O)([C@H](O)CO)O6)C(O)C(O)C5O)C(O)C4NC(C)=O)C3O)OC(CO)C(O)C2O)OC(CO)C(OC2OC(COC3(C(=O)O)CC(O)C(C)[C@@](O)([C@H](O)CO)O3)C(O)C(O)C2O)C1O. The average molecular weight is 2150 g/mol. The van der Waals surface area contributed by atoms with Crippen molar-refractivity contribution in [3.05, 3.63) is 0 Å². The highest BCUT2D eigenvalue weighted by molar-refractivity contribution is 5.77. The number of carbonyl (C=O) groups excluding carboxylic acids is 4. The van der Waals surface area contributed by atoms with Crippen molar-refractivity contribution in [3.63, 3.8) is 0 Å². The second-order valence-corrected chi connectivity index (χ2v) is 37.4. The number of nitrogens with two attached hydrogens (primary N) is 1. The van der Waals surface area contributed by atoms with Crippen molar-refractivity contribution < 1.29 is 296 Å². The maximum atomic E-state index is 13.3. The van der Waals surface area contributed by atoms with Gasteiger partial charge in [0, 0.05) is 58.9 Å². The van der Waals surface area contributed by atoms with Gasteiger partial charge in [0.1, 0.15) is 232 Å². The Balaban J connectivity index is 0.897. The summed E-state index contributed by atoms with van der Waals surface area (Å²) in [6, 6.07) is -7.78. The lowest BCUT2D eigenvalue weighted by Crippen LogP contribution is -2.71. The van der Waals surface area contributed by atoms with Crippen molar-refractivity contribution in [2.24, 2.45) is 17.6 Å². The fourth-order valence-corrected chi connectivity index (χ4v) is 19.0. The van der Waals surface area contributed by atoms with Crippen molar-refractivity contribution >= 4 is 35.6 Å². The lowest BCUT2D eigenvalue weighted by atomic mass is 9.83. The van der Waals surface area contributed by atoms with Gasteiger partial charge in [-0.3, -0.25) is 19.2 Å². The van der Waals surface area contributed by atoms with Crippen LogP contribution in [0.1, 0.15) is 54.4 Å². The van der Waals surface area contributed by atoms with Gasteiger partial charge in [-0.25, -0.2) is 9.59 Å². The summed E-state index contributed by atoms with van der Waals surface area (Å²) >= 11 is 0. The summed E-state index contributed by atoms with van der Waals surface area (Å²) in [7, 11) is 0. The number of nitrogens with one attached hydrogen (secondary N) is 4. The fourth-order valence-electron chi connectivity index (χ4n) is 19.0. The number of carbonyl (C=O) groups is 6. The highest BCUT2D eigenvalue weighted by Gasteiger charge is 2.67. The molecule has 51 unspecified atom stereocenters. The molecule has 38 N–H and O–H groups in total. The zero-order valence-corrected chi connectivity index (χ0v) is 79.4. The number of carboxylic acid groups (broad SMARTS) is 2. The van der Waals surface area contributed by atoms with Crippen molar-refractivity contribution in [1.29, 1.82) is 0 Å². The number of hydrogen-bond donors (Lipinski definition) is 37. The summed E-state index contributed by atoms with van der Waals surface area (Å²) in [6.07, 6.45) is -103. The van der Waals surface area contributed by atoms with Crippen molar-refractivity contribution in [2.75, 3.05) is 85.8 Å². The number of aliphatic hydroxyl groups excluding tert-OH is 28. The number of aliphatic carboxylic acids is 2. The van der Waals surface area contributed by atoms with Gasteiger partial charge in [-0.05, 0) is 0 Å². The van der Waals surface area contributed by atoms with E-state index in [1.54, 1.807) is 0 Å². The highest BCUT2D eigenvalue weighted by Crippen LogP contribution is 2.47. The molecule has 0 aliphatic carbocycles. The Morgan fingerprint density at radius 3 is 0.905 bits per heavy atom. The number of amides is 4. The van der Waals surface area contributed by atoms with E-state index >= 15 is 0 Å². The molecule has 0 spiro atoms. The zero-order chi connectivity index (χ0) is 109. The number of hydrogen-bond acceptors (Lipinski definition) is 59. The Labute approximate surface area is 832 Å². The predicted molar refractivity (Wildman–Crippen MR) is 453 cm³/mol. The summed E-state index contributed by atoms with van der Waals surface area (Å²) in [6.45, 7) is -8.12. The lowest BCUT2D eigenvalue weighted by Gasteiger charge is -2.51. The minimum Gasteiger partial charge on any atom is -0.477 e. The van der Waals surface area contributed by atoms with Gasteiger partial charge in [-0.1, -0.05) is 13.8 Å². The van der Waals surface area contributed by atoms with Crippen molar-refractivity contribution in [2.45, 2.75) is 378 Å². The van der Waals surface area contributed by atoms with Crippen LogP contribution in [0.15, 0.2) is 0 Å². The average Bonchev–Trinajstić information content (AvgIpc) is 0.708. The molecular weight excluding hydrogens is 2010 g/mol. The molecule has 147 heavy (non-hydrogen) atoms. The Morgan fingerprint density at radius 2 is 0.585 bits per heavy atom. The first-order chi connectivity index (χ1) is 69.2. The van der Waals surface area contributed by atoms with Crippen LogP contribution in [0.5, 0.6) is 0 Å². The van der Waals surface area contributed by atoms with E-state index in [0.29, 0.717) is 0 Å². The van der Waals surface area contributed by atoms with E-state index in [4.69, 9.17) is 110 Å². The van der Waals surface area contributed by atoms with E-state index in [1.165, 1.54) is 0 Å². The third kappa shape index (κ3) is 26.2. The van der Waals surface area contributed by atoms with Crippen LogP contribution in [-0.4, -0.2) is 608 Å². The van der Waals surface area contributed by atoms with Gasteiger partial charge in [0.05, 0.1) is 91.5 Å². The Morgan fingerprint density at radius 1 is 0.313 bits per heavy atom. The molecule has 65 heteroatoms. The number of aliphatic hydroxyl groups is 30. The molecule has 11 rings (SSSR count). The smallest absolute Gasteiger partial charge is 0.364 e. The standard InChI is InChI=1S/C82H137N5O60/c1-22-28(100)9-79(77(120)121,146-81(22,124)39(102)17-94)128-20-37-47(106)54(113)58(117)72(137-37)140-62-33(14-91)134-70(43(52(62)111)86-26(5)98)144-66-56(115)45(104)30(11-88)130-75(66)127-19-36-49(108)65(60(119)74(136-36)142-64-35(16-93)133-69(42(51(64)110)85-25(4)97)139-61-32(13-90)132-68(126-8-7-83)41(50(61)109)84-24(3)96)143-76-67(57(116)46(105)31(12-89)131-76)145-71-44(87-27(6)99)53(112)63(34(15-92)135-71)141-73-59(118)55(114)48(107)38(138-73)21-129-80(78(122)123)10-29(101)23(2)82(125,147-80)40(103)18-95/h22-23,28-76,88-95,100-119,124-125H,7-21,83H2,1-6H3,(H,84,96)(H,85,97)(H,86,98)(H,87,99)(H,120,121)(H,122,123)/t22?,23?,28?,29?,30?,31?,32?,33?,34?,35?,36?,37?,38?,39-,40-,41?,42?,43?,44?,45?,46?,47?,48?,49?,50?,51?,52?,53?,54?,55?,56?,57?,58?,59?,60?,61?,62?,63?,64?,65?,66?,67?,68?,69?,70?,71?,72?,73?,74?,75?,76?,79?,80?,81+,82+/m1/s1. The summed E-state index contributed by atoms with van der Waals surface area (Å²) in [4.78, 5) is 78.1. The maximum Gasteiger partial charge on any atom is 0.364 e. The summed E-state index contributed by atoms with van der Waals surface area (Å²) in [5, 5.41) is 371. The first-order valence-corrected chi connectivity index (χ1v) is 46.8. The van der Waals surface area contributed by atoms with Crippen LogP contribution >= 0.6 is 0 Å². The van der Waals surface area contributed by atoms with Crippen LogP contribution in [0.3, 0.4) is 0 Å². The molecular formula is C82H137N5O60. The summed E-state index contributed by atoms with van der Waals surface area (Å²) in [5.74, 6) is -23.5. The molecule has 11 fully saturated rings. The van der Waals surface area contributed by atoms with Gasteiger partial charge in [0.25, 0.3) is 11.6 Å². The van der Waals surface area contributed by atoms with Crippen LogP contribution < -0.4 is 27.0 Å². The topological polar surface area (TPSA) is 1030 Å². The maximum absolute atomic E-state index is 13.3. The molecule has 11 heterocycles. The van der Waals surface area contributed by atoms with Gasteiger partial charge in [0.2, 0.25) is 35.2 Å². The quantitative estimate of drug-likeness (QED) is 0.0270. The molecule has 0 aromatic rings. The molecule has 55 atom stereocenters. The molecule has 0 bridgehead atoms. The zero-order valence-electron chi connectivity index (χ0n) is 79.4. The molecule has 11 aliphatic heterocycles. The van der Waals surface area contributed by atoms with Gasteiger partial charge in [-0.2, -0.15) is 0 Å². The van der Waals surface area contributed by atoms with E-state index in [9.17, 15) is 192 Å². The molecule has 11 aliphatic rings. The normalized spacial score (nSPS) is 47.9. The van der Waals surface area contributed by atoms with Gasteiger partial charge in [0.15, 0.2) is 56.6 Å². The molecule has 0 aromatic carbocycles. The minimum atomic E-state index is -3.16. The molecule has 11 saturated heterocycles. The second kappa shape index (κ2) is 51.6. The Bertz CT molecular complexity index is 4210. The van der Waals surface area contributed by atoms with Crippen molar-refractivity contribution in [1.82, 2.24) is 21.3 Å². The van der Waals surface area contributed by atoms with Gasteiger partial charge in [-0.15, -0.1) is 0 Å². The highest BCUT2D eigenvalue weighted by atomic mass is 16.8. The van der Waals surface area contributed by atoms with Crippen LogP contribution in [0.4, 0.5) is 0 Å². The number of carboxylic acids is 2. The van der Waals surface area contributed by atoms with Crippen LogP contribution in [0.2, 0.25) is 0 Å². The van der Waals surface area contributed by atoms with Gasteiger partial charge >= 0.3 is 11.9 Å². The molecule has 0 saturated carbocycles. The Hall–Kier alpha value is -5.30. The summed E-state index contributed by atoms with van der Waals surface area (Å²) < 4.78 is 130. The Kier molecular flexibility index (Phi) is 42.8. The van der Waals surface area contributed by atoms with E-state index in [0.717, 1.165) is 41.5 Å². The monoisotopic (exact) mass is 2150 g/mol. The fraction of sp³-hybridized carbons (Fsp3) is 0.927. The number of rotatable bonds is 42. The van der Waals surface area contributed by atoms with E-state index in [-0.39, 0.29) is 13.2 Å². The van der Waals surface area contributed by atoms with Crippen molar-refractivity contribution in [3.8, 4) is 0 Å². The van der Waals surface area contributed by atoms with Crippen LogP contribution in [-0.2, 0) is 133 Å². The second-order valence-electron chi connectivity index (χ2n) is 37.4. The minimum absolute atomic E-state index is 0.115. The van der Waals surface area contributed by atoms with Crippen LogP contribution in [0, 0.1) is 11.8 Å². The lowest BCUT2D eigenvalue weighted by molar-refractivity contribution is -0.417. The first kappa shape index (κ1) is 122. The molecule has 0 radical (unpaired) electrons. The largest absolute Gasteiger partial charge is 0.477 e. The summed E-state index contributed by atoms with van der Waals surface area (Å²) in [5.41, 5.74) is 5.64.